The number of aryl methyl sites for hydroxylation is 2. The summed E-state index contributed by atoms with van der Waals surface area (Å²) in [6.45, 7) is 4.16. The third kappa shape index (κ3) is 3.07. The summed E-state index contributed by atoms with van der Waals surface area (Å²) in [5.41, 5.74) is 4.66. The average molecular weight is 320 g/mol. The Morgan fingerprint density at radius 3 is 2.53 bits per heavy atom. The lowest BCUT2D eigenvalue weighted by Gasteiger charge is -2.17. The summed E-state index contributed by atoms with van der Waals surface area (Å²) >= 11 is 3.56. The number of rotatable bonds is 3. The van der Waals surface area contributed by atoms with Gasteiger partial charge < -0.3 is 10.2 Å². The minimum atomic E-state index is 0.841. The lowest BCUT2D eigenvalue weighted by molar-refractivity contribution is 1.11. The molecule has 0 aliphatic carbocycles. The number of pyridine rings is 1. The molecule has 0 atom stereocenters. The van der Waals surface area contributed by atoms with Gasteiger partial charge in [-0.2, -0.15) is 0 Å². The van der Waals surface area contributed by atoms with E-state index in [9.17, 15) is 0 Å². The van der Waals surface area contributed by atoms with Gasteiger partial charge in [0.25, 0.3) is 0 Å². The molecule has 0 unspecified atom stereocenters. The molecule has 0 radical (unpaired) electrons. The number of nitrogens with zero attached hydrogens (tertiary/aromatic N) is 2. The molecule has 100 valence electrons. The molecule has 0 fully saturated rings. The molecule has 1 aromatic carbocycles. The minimum Gasteiger partial charge on any atom is -0.377 e. The Kier molecular flexibility index (Phi) is 4.10. The topological polar surface area (TPSA) is 28.2 Å². The standard InChI is InChI=1S/C15H18BrN3/c1-10-5-6-12(9-13(10)19(3)4)18-15-14(16)11(2)7-8-17-15/h5-9H,1-4H3,(H,17,18). The van der Waals surface area contributed by atoms with E-state index >= 15 is 0 Å². The zero-order valence-corrected chi connectivity index (χ0v) is 13.2. The molecule has 0 saturated heterocycles. The van der Waals surface area contributed by atoms with Crippen LogP contribution in [0.4, 0.5) is 17.2 Å². The van der Waals surface area contributed by atoms with Gasteiger partial charge in [0.05, 0.1) is 4.47 Å². The van der Waals surface area contributed by atoms with Crippen LogP contribution in [0.5, 0.6) is 0 Å². The largest absolute Gasteiger partial charge is 0.377 e. The Morgan fingerprint density at radius 2 is 1.84 bits per heavy atom. The summed E-state index contributed by atoms with van der Waals surface area (Å²) in [6, 6.07) is 8.29. The van der Waals surface area contributed by atoms with E-state index in [1.807, 2.05) is 26.4 Å². The molecule has 3 nitrogen and oxygen atoms in total. The van der Waals surface area contributed by atoms with Crippen molar-refractivity contribution in [3.05, 3.63) is 46.1 Å². The third-order valence-corrected chi connectivity index (χ3v) is 4.04. The highest BCUT2D eigenvalue weighted by molar-refractivity contribution is 9.10. The van der Waals surface area contributed by atoms with Crippen molar-refractivity contribution in [2.24, 2.45) is 0 Å². The zero-order chi connectivity index (χ0) is 14.0. The predicted molar refractivity (Wildman–Crippen MR) is 85.5 cm³/mol. The summed E-state index contributed by atoms with van der Waals surface area (Å²) < 4.78 is 1.00. The van der Waals surface area contributed by atoms with Crippen molar-refractivity contribution in [1.82, 2.24) is 4.98 Å². The summed E-state index contributed by atoms with van der Waals surface area (Å²) in [5, 5.41) is 3.35. The van der Waals surface area contributed by atoms with Gasteiger partial charge in [-0.3, -0.25) is 0 Å². The van der Waals surface area contributed by atoms with Crippen LogP contribution < -0.4 is 10.2 Å². The molecule has 2 aromatic rings. The molecule has 0 bridgehead atoms. The summed E-state index contributed by atoms with van der Waals surface area (Å²) in [4.78, 5) is 6.47. The van der Waals surface area contributed by atoms with Crippen molar-refractivity contribution in [3.8, 4) is 0 Å². The highest BCUT2D eigenvalue weighted by atomic mass is 79.9. The second-order valence-corrected chi connectivity index (χ2v) is 5.60. The van der Waals surface area contributed by atoms with E-state index in [-0.39, 0.29) is 0 Å². The van der Waals surface area contributed by atoms with Gasteiger partial charge in [-0.15, -0.1) is 0 Å². The summed E-state index contributed by atoms with van der Waals surface area (Å²) in [6.07, 6.45) is 1.81. The number of benzene rings is 1. The van der Waals surface area contributed by atoms with Crippen molar-refractivity contribution in [2.45, 2.75) is 13.8 Å². The van der Waals surface area contributed by atoms with Gasteiger partial charge >= 0.3 is 0 Å². The van der Waals surface area contributed by atoms with Crippen molar-refractivity contribution in [1.29, 1.82) is 0 Å². The Labute approximate surface area is 122 Å². The lowest BCUT2D eigenvalue weighted by atomic mass is 10.1. The maximum absolute atomic E-state index is 4.36. The first-order valence-electron chi connectivity index (χ1n) is 6.15. The number of aromatic nitrogens is 1. The minimum absolute atomic E-state index is 0.841. The van der Waals surface area contributed by atoms with Gasteiger partial charge in [0, 0.05) is 31.7 Å². The van der Waals surface area contributed by atoms with Crippen molar-refractivity contribution < 1.29 is 0 Å². The zero-order valence-electron chi connectivity index (χ0n) is 11.7. The Morgan fingerprint density at radius 1 is 1.11 bits per heavy atom. The fourth-order valence-corrected chi connectivity index (χ4v) is 2.27. The van der Waals surface area contributed by atoms with Gasteiger partial charge in [-0.05, 0) is 59.1 Å². The number of hydrogen-bond acceptors (Lipinski definition) is 3. The molecule has 0 aliphatic rings. The summed E-state index contributed by atoms with van der Waals surface area (Å²) in [5.74, 6) is 0.841. The van der Waals surface area contributed by atoms with Crippen LogP contribution in [0.3, 0.4) is 0 Å². The normalized spacial score (nSPS) is 10.4. The van der Waals surface area contributed by atoms with E-state index in [1.54, 1.807) is 0 Å². The predicted octanol–water partition coefficient (Wildman–Crippen LogP) is 4.27. The lowest BCUT2D eigenvalue weighted by Crippen LogP contribution is -2.10. The number of halogens is 1. The van der Waals surface area contributed by atoms with Crippen LogP contribution in [0.25, 0.3) is 0 Å². The third-order valence-electron chi connectivity index (χ3n) is 3.04. The van der Waals surface area contributed by atoms with Crippen molar-refractivity contribution in [3.63, 3.8) is 0 Å². The van der Waals surface area contributed by atoms with Gasteiger partial charge in [0.15, 0.2) is 0 Å². The van der Waals surface area contributed by atoms with Crippen molar-refractivity contribution in [2.75, 3.05) is 24.3 Å². The van der Waals surface area contributed by atoms with E-state index in [4.69, 9.17) is 0 Å². The number of anilines is 3. The molecule has 0 saturated carbocycles. The average Bonchev–Trinajstić information content (AvgIpc) is 2.37. The van der Waals surface area contributed by atoms with Gasteiger partial charge in [0.1, 0.15) is 5.82 Å². The van der Waals surface area contributed by atoms with Crippen LogP contribution in [-0.4, -0.2) is 19.1 Å². The van der Waals surface area contributed by atoms with Gasteiger partial charge in [0.2, 0.25) is 0 Å². The Balaban J connectivity index is 2.34. The molecule has 4 heteroatoms. The molecule has 0 amide bonds. The summed E-state index contributed by atoms with van der Waals surface area (Å²) in [7, 11) is 4.10. The van der Waals surface area contributed by atoms with E-state index < -0.39 is 0 Å². The second-order valence-electron chi connectivity index (χ2n) is 4.81. The number of hydrogen-bond donors (Lipinski definition) is 1. The van der Waals surface area contributed by atoms with Crippen molar-refractivity contribution >= 4 is 33.1 Å². The van der Waals surface area contributed by atoms with Crippen LogP contribution in [-0.2, 0) is 0 Å². The first-order valence-corrected chi connectivity index (χ1v) is 6.94. The maximum atomic E-state index is 4.36. The first-order chi connectivity index (χ1) is 8.99. The highest BCUT2D eigenvalue weighted by Gasteiger charge is 2.06. The van der Waals surface area contributed by atoms with Crippen LogP contribution >= 0.6 is 15.9 Å². The monoisotopic (exact) mass is 319 g/mol. The molecule has 0 spiro atoms. The molecular formula is C15H18BrN3. The first kappa shape index (κ1) is 13.9. The van der Waals surface area contributed by atoms with Gasteiger partial charge in [-0.1, -0.05) is 6.07 Å². The SMILES string of the molecule is Cc1ccc(Nc2nccc(C)c2Br)cc1N(C)C. The van der Waals surface area contributed by atoms with Crippen LogP contribution in [0.1, 0.15) is 11.1 Å². The maximum Gasteiger partial charge on any atom is 0.144 e. The Bertz CT molecular complexity index is 594. The van der Waals surface area contributed by atoms with E-state index in [0.717, 1.165) is 21.5 Å². The molecule has 2 rings (SSSR count). The molecule has 1 aromatic heterocycles. The quantitative estimate of drug-likeness (QED) is 0.915. The number of nitrogens with one attached hydrogen (secondary N) is 1. The van der Waals surface area contributed by atoms with E-state index in [0.29, 0.717) is 0 Å². The molecule has 1 N–H and O–H groups in total. The van der Waals surface area contributed by atoms with Gasteiger partial charge in [-0.25, -0.2) is 4.98 Å². The van der Waals surface area contributed by atoms with Crippen LogP contribution in [0, 0.1) is 13.8 Å². The Hall–Kier alpha value is -1.55. The van der Waals surface area contributed by atoms with E-state index in [1.165, 1.54) is 11.3 Å². The van der Waals surface area contributed by atoms with Crippen LogP contribution in [0.2, 0.25) is 0 Å². The van der Waals surface area contributed by atoms with E-state index in [2.05, 4.69) is 63.2 Å². The smallest absolute Gasteiger partial charge is 0.144 e. The highest BCUT2D eigenvalue weighted by Crippen LogP contribution is 2.29. The molecule has 0 aliphatic heterocycles. The fourth-order valence-electron chi connectivity index (χ4n) is 1.93. The molecular weight excluding hydrogens is 302 g/mol. The fraction of sp³-hybridized carbons (Fsp3) is 0.267. The molecule has 19 heavy (non-hydrogen) atoms. The molecule has 1 heterocycles. The second kappa shape index (κ2) is 5.61. The van der Waals surface area contributed by atoms with Crippen LogP contribution in [0.15, 0.2) is 34.9 Å².